The van der Waals surface area contributed by atoms with E-state index in [1.54, 1.807) is 13.2 Å². The number of aliphatic carboxylic acids is 1. The average molecular weight is 286 g/mol. The van der Waals surface area contributed by atoms with Crippen LogP contribution in [0, 0.1) is 0 Å². The quantitative estimate of drug-likeness (QED) is 0.813. The molecule has 0 aliphatic heterocycles. The summed E-state index contributed by atoms with van der Waals surface area (Å²) in [7, 11) is 1.55. The third-order valence-corrected chi connectivity index (χ3v) is 3.10. The Bertz CT molecular complexity index is 587. The molecule has 0 radical (unpaired) electrons. The SMILES string of the molecule is COc1cccc(CN[C@H](Cc2ccccc2)C(=O)O)n1. The van der Waals surface area contributed by atoms with E-state index >= 15 is 0 Å². The van der Waals surface area contributed by atoms with Gasteiger partial charge in [0.1, 0.15) is 6.04 Å². The number of nitrogens with zero attached hydrogens (tertiary/aromatic N) is 1. The summed E-state index contributed by atoms with van der Waals surface area (Å²) in [6.45, 7) is 0.376. The number of nitrogens with one attached hydrogen (secondary N) is 1. The first-order chi connectivity index (χ1) is 10.2. The lowest BCUT2D eigenvalue weighted by molar-refractivity contribution is -0.139. The lowest BCUT2D eigenvalue weighted by Crippen LogP contribution is -2.38. The van der Waals surface area contributed by atoms with Gasteiger partial charge in [-0.2, -0.15) is 0 Å². The molecule has 1 heterocycles. The molecule has 0 fully saturated rings. The number of benzene rings is 1. The second-order valence-corrected chi connectivity index (χ2v) is 4.63. The van der Waals surface area contributed by atoms with Gasteiger partial charge in [-0.3, -0.25) is 10.1 Å². The molecule has 21 heavy (non-hydrogen) atoms. The largest absolute Gasteiger partial charge is 0.481 e. The van der Waals surface area contributed by atoms with Crippen molar-refractivity contribution >= 4 is 5.97 Å². The molecule has 2 rings (SSSR count). The van der Waals surface area contributed by atoms with Gasteiger partial charge in [-0.25, -0.2) is 4.98 Å². The minimum Gasteiger partial charge on any atom is -0.481 e. The molecule has 1 aromatic heterocycles. The van der Waals surface area contributed by atoms with Crippen molar-refractivity contribution in [1.82, 2.24) is 10.3 Å². The summed E-state index contributed by atoms with van der Waals surface area (Å²) in [6.07, 6.45) is 0.431. The van der Waals surface area contributed by atoms with Crippen LogP contribution < -0.4 is 10.1 Å². The highest BCUT2D eigenvalue weighted by molar-refractivity contribution is 5.73. The van der Waals surface area contributed by atoms with Gasteiger partial charge in [0.05, 0.1) is 12.8 Å². The Kier molecular flexibility index (Phi) is 5.29. The molecule has 0 saturated carbocycles. The summed E-state index contributed by atoms with van der Waals surface area (Å²) in [5.41, 5.74) is 1.73. The van der Waals surface area contributed by atoms with E-state index in [2.05, 4.69) is 10.3 Å². The van der Waals surface area contributed by atoms with Crippen LogP contribution in [0.2, 0.25) is 0 Å². The Hall–Kier alpha value is -2.40. The maximum atomic E-state index is 11.3. The Balaban J connectivity index is 1.98. The van der Waals surface area contributed by atoms with Crippen LogP contribution in [-0.2, 0) is 17.8 Å². The fourth-order valence-electron chi connectivity index (χ4n) is 1.99. The normalized spacial score (nSPS) is 11.9. The Labute approximate surface area is 123 Å². The molecule has 0 saturated heterocycles. The minimum absolute atomic E-state index is 0.376. The number of hydrogen-bond acceptors (Lipinski definition) is 4. The van der Waals surface area contributed by atoms with Crippen molar-refractivity contribution in [2.75, 3.05) is 7.11 Å². The predicted octanol–water partition coefficient (Wildman–Crippen LogP) is 1.88. The monoisotopic (exact) mass is 286 g/mol. The van der Waals surface area contributed by atoms with E-state index in [1.807, 2.05) is 42.5 Å². The topological polar surface area (TPSA) is 71.5 Å². The maximum absolute atomic E-state index is 11.3. The van der Waals surface area contributed by atoms with E-state index in [0.717, 1.165) is 11.3 Å². The summed E-state index contributed by atoms with van der Waals surface area (Å²) in [4.78, 5) is 15.6. The smallest absolute Gasteiger partial charge is 0.321 e. The standard InChI is InChI=1S/C16H18N2O3/c1-21-15-9-5-8-13(18-15)11-17-14(16(19)20)10-12-6-3-2-4-7-12/h2-9,14,17H,10-11H2,1H3,(H,19,20)/t14-/m1/s1. The number of rotatable bonds is 7. The number of pyridine rings is 1. The van der Waals surface area contributed by atoms with Crippen LogP contribution >= 0.6 is 0 Å². The van der Waals surface area contributed by atoms with Crippen LogP contribution in [-0.4, -0.2) is 29.2 Å². The number of carboxylic acids is 1. The van der Waals surface area contributed by atoms with Crippen LogP contribution in [0.15, 0.2) is 48.5 Å². The first-order valence-corrected chi connectivity index (χ1v) is 6.69. The van der Waals surface area contributed by atoms with Crippen molar-refractivity contribution in [3.05, 3.63) is 59.8 Å². The highest BCUT2D eigenvalue weighted by atomic mass is 16.5. The van der Waals surface area contributed by atoms with Gasteiger partial charge in [0, 0.05) is 12.6 Å². The number of methoxy groups -OCH3 is 1. The van der Waals surface area contributed by atoms with Gasteiger partial charge in [-0.1, -0.05) is 36.4 Å². The zero-order chi connectivity index (χ0) is 15.1. The fraction of sp³-hybridized carbons (Fsp3) is 0.250. The van der Waals surface area contributed by atoms with Crippen molar-refractivity contribution in [2.24, 2.45) is 0 Å². The molecule has 0 aliphatic carbocycles. The molecule has 0 aliphatic rings. The fourth-order valence-corrected chi connectivity index (χ4v) is 1.99. The second-order valence-electron chi connectivity index (χ2n) is 4.63. The van der Waals surface area contributed by atoms with Gasteiger partial charge in [0.2, 0.25) is 5.88 Å². The van der Waals surface area contributed by atoms with Crippen LogP contribution in [0.4, 0.5) is 0 Å². The average Bonchev–Trinajstić information content (AvgIpc) is 2.52. The maximum Gasteiger partial charge on any atom is 0.321 e. The van der Waals surface area contributed by atoms with Crippen LogP contribution in [0.5, 0.6) is 5.88 Å². The minimum atomic E-state index is -0.873. The Morgan fingerprint density at radius 1 is 1.24 bits per heavy atom. The van der Waals surface area contributed by atoms with Crippen LogP contribution in [0.25, 0.3) is 0 Å². The summed E-state index contributed by atoms with van der Waals surface area (Å²) < 4.78 is 5.05. The number of hydrogen-bond donors (Lipinski definition) is 2. The van der Waals surface area contributed by atoms with E-state index < -0.39 is 12.0 Å². The molecular weight excluding hydrogens is 268 g/mol. The first-order valence-electron chi connectivity index (χ1n) is 6.69. The van der Waals surface area contributed by atoms with E-state index in [4.69, 9.17) is 4.74 Å². The van der Waals surface area contributed by atoms with Crippen molar-refractivity contribution in [3.8, 4) is 5.88 Å². The molecule has 1 atom stereocenters. The molecule has 2 N–H and O–H groups in total. The number of aromatic nitrogens is 1. The molecular formula is C16H18N2O3. The molecule has 0 bridgehead atoms. The van der Waals surface area contributed by atoms with E-state index in [1.165, 1.54) is 0 Å². The van der Waals surface area contributed by atoms with E-state index in [9.17, 15) is 9.90 Å². The van der Waals surface area contributed by atoms with Crippen molar-refractivity contribution in [2.45, 2.75) is 19.0 Å². The van der Waals surface area contributed by atoms with Gasteiger partial charge in [-0.15, -0.1) is 0 Å². The van der Waals surface area contributed by atoms with E-state index in [-0.39, 0.29) is 0 Å². The Morgan fingerprint density at radius 3 is 2.67 bits per heavy atom. The van der Waals surface area contributed by atoms with Gasteiger partial charge in [0.15, 0.2) is 0 Å². The van der Waals surface area contributed by atoms with Gasteiger partial charge < -0.3 is 9.84 Å². The lowest BCUT2D eigenvalue weighted by atomic mass is 10.1. The molecule has 0 amide bonds. The zero-order valence-corrected chi connectivity index (χ0v) is 11.8. The number of carboxylic acid groups (broad SMARTS) is 1. The predicted molar refractivity (Wildman–Crippen MR) is 79.2 cm³/mol. The number of carbonyl (C=O) groups is 1. The van der Waals surface area contributed by atoms with Crippen molar-refractivity contribution in [3.63, 3.8) is 0 Å². The third-order valence-electron chi connectivity index (χ3n) is 3.10. The highest BCUT2D eigenvalue weighted by Gasteiger charge is 2.17. The molecule has 0 unspecified atom stereocenters. The molecule has 0 spiro atoms. The Morgan fingerprint density at radius 2 is 2.00 bits per heavy atom. The summed E-state index contributed by atoms with van der Waals surface area (Å²) in [5.74, 6) is -0.356. The molecule has 5 nitrogen and oxygen atoms in total. The van der Waals surface area contributed by atoms with Crippen LogP contribution in [0.1, 0.15) is 11.3 Å². The summed E-state index contributed by atoms with van der Waals surface area (Å²) >= 11 is 0. The molecule has 2 aromatic rings. The van der Waals surface area contributed by atoms with Gasteiger partial charge >= 0.3 is 5.97 Å². The zero-order valence-electron chi connectivity index (χ0n) is 11.8. The molecule has 110 valence electrons. The first kappa shape index (κ1) is 15.0. The highest BCUT2D eigenvalue weighted by Crippen LogP contribution is 2.08. The van der Waals surface area contributed by atoms with Gasteiger partial charge in [0.25, 0.3) is 0 Å². The lowest BCUT2D eigenvalue weighted by Gasteiger charge is -2.14. The van der Waals surface area contributed by atoms with E-state index in [0.29, 0.717) is 18.8 Å². The van der Waals surface area contributed by atoms with Gasteiger partial charge in [-0.05, 0) is 18.1 Å². The molecule has 5 heteroatoms. The van der Waals surface area contributed by atoms with Crippen molar-refractivity contribution < 1.29 is 14.6 Å². The second kappa shape index (κ2) is 7.40. The summed E-state index contributed by atoms with van der Waals surface area (Å²) in [5, 5.41) is 12.3. The number of ether oxygens (including phenoxy) is 1. The third kappa shape index (κ3) is 4.57. The van der Waals surface area contributed by atoms with Crippen LogP contribution in [0.3, 0.4) is 0 Å². The van der Waals surface area contributed by atoms with Crippen molar-refractivity contribution in [1.29, 1.82) is 0 Å². The summed E-state index contributed by atoms with van der Waals surface area (Å²) in [6, 6.07) is 14.3. The molecule has 1 aromatic carbocycles.